The van der Waals surface area contributed by atoms with Crippen LogP contribution in [0.25, 0.3) is 6.08 Å². The minimum Gasteiger partial charge on any atom is -0.461 e. The lowest BCUT2D eigenvalue weighted by Crippen LogP contribution is -2.04. The van der Waals surface area contributed by atoms with Crippen LogP contribution < -0.4 is 0 Å². The molecule has 1 heterocycles. The fourth-order valence-electron chi connectivity index (χ4n) is 0.984. The van der Waals surface area contributed by atoms with Crippen molar-refractivity contribution in [2.24, 2.45) is 0 Å². The van der Waals surface area contributed by atoms with Gasteiger partial charge < -0.3 is 9.72 Å². The highest BCUT2D eigenvalue weighted by Gasteiger charge is 2.07. The first-order valence-corrected chi connectivity index (χ1v) is 4.25. The Labute approximate surface area is 81.6 Å². The van der Waals surface area contributed by atoms with Gasteiger partial charge in [0.05, 0.1) is 6.61 Å². The first-order chi connectivity index (χ1) is 6.77. The van der Waals surface area contributed by atoms with Crippen LogP contribution >= 0.6 is 0 Å². The summed E-state index contributed by atoms with van der Waals surface area (Å²) in [5, 5.41) is 0. The molecule has 0 atom stereocenters. The van der Waals surface area contributed by atoms with E-state index in [0.717, 1.165) is 5.56 Å². The van der Waals surface area contributed by atoms with Crippen LogP contribution in [0.2, 0.25) is 0 Å². The molecule has 0 aliphatic heterocycles. The zero-order valence-electron chi connectivity index (χ0n) is 7.82. The molecule has 0 aliphatic carbocycles. The second-order valence-electron chi connectivity index (χ2n) is 2.56. The van der Waals surface area contributed by atoms with Crippen LogP contribution in [-0.2, 0) is 9.53 Å². The summed E-state index contributed by atoms with van der Waals surface area (Å²) in [6, 6.07) is 1.62. The maximum atomic E-state index is 11.2. The van der Waals surface area contributed by atoms with Crippen LogP contribution in [0, 0.1) is 0 Å². The van der Waals surface area contributed by atoms with Gasteiger partial charge in [0.25, 0.3) is 0 Å². The number of H-pyrrole nitrogens is 1. The average Bonchev–Trinajstić information content (AvgIpc) is 2.63. The molecule has 74 valence electrons. The fourth-order valence-corrected chi connectivity index (χ4v) is 0.984. The van der Waals surface area contributed by atoms with Gasteiger partial charge in [-0.05, 0) is 24.6 Å². The largest absolute Gasteiger partial charge is 0.461 e. The standard InChI is InChI=1S/C10H11NO3/c1-2-14-10(13)9-6-8(7-11-9)4-3-5-12/h3-7,11H,2H2,1H3. The molecular formula is C10H11NO3. The molecule has 4 heteroatoms. The van der Waals surface area contributed by atoms with E-state index in [-0.39, 0.29) is 0 Å². The number of carbonyl (C=O) groups is 2. The quantitative estimate of drug-likeness (QED) is 0.446. The highest BCUT2D eigenvalue weighted by atomic mass is 16.5. The van der Waals surface area contributed by atoms with Gasteiger partial charge in [-0.3, -0.25) is 4.79 Å². The van der Waals surface area contributed by atoms with Gasteiger partial charge in [0.2, 0.25) is 0 Å². The molecule has 0 aromatic carbocycles. The zero-order valence-corrected chi connectivity index (χ0v) is 7.82. The Morgan fingerprint density at radius 1 is 1.64 bits per heavy atom. The Balaban J connectivity index is 2.72. The fraction of sp³-hybridized carbons (Fsp3) is 0.200. The SMILES string of the molecule is CCOC(=O)c1cc(C=CC=O)c[nH]1. The number of carbonyl (C=O) groups excluding carboxylic acids is 2. The van der Waals surface area contributed by atoms with E-state index in [9.17, 15) is 9.59 Å². The second kappa shape index (κ2) is 5.01. The van der Waals surface area contributed by atoms with Crippen LogP contribution in [0.15, 0.2) is 18.3 Å². The van der Waals surface area contributed by atoms with E-state index >= 15 is 0 Å². The predicted molar refractivity (Wildman–Crippen MR) is 51.8 cm³/mol. The number of ether oxygens (including phenoxy) is 1. The van der Waals surface area contributed by atoms with Gasteiger partial charge in [0.1, 0.15) is 12.0 Å². The molecule has 0 spiro atoms. The summed E-state index contributed by atoms with van der Waals surface area (Å²) in [6.45, 7) is 2.09. The molecular weight excluding hydrogens is 182 g/mol. The Morgan fingerprint density at radius 2 is 2.43 bits per heavy atom. The third-order valence-corrected chi connectivity index (χ3v) is 1.57. The number of allylic oxidation sites excluding steroid dienone is 1. The molecule has 14 heavy (non-hydrogen) atoms. The Bertz CT molecular complexity index is 352. The number of aldehydes is 1. The number of hydrogen-bond donors (Lipinski definition) is 1. The molecule has 0 bridgehead atoms. The molecule has 0 saturated heterocycles. The topological polar surface area (TPSA) is 59.2 Å². The Hall–Kier alpha value is -1.84. The van der Waals surface area contributed by atoms with E-state index in [1.54, 1.807) is 25.3 Å². The van der Waals surface area contributed by atoms with E-state index in [0.29, 0.717) is 18.6 Å². The number of rotatable bonds is 4. The van der Waals surface area contributed by atoms with Crippen molar-refractivity contribution in [3.8, 4) is 0 Å². The second-order valence-corrected chi connectivity index (χ2v) is 2.56. The van der Waals surface area contributed by atoms with E-state index in [2.05, 4.69) is 4.98 Å². The summed E-state index contributed by atoms with van der Waals surface area (Å²) in [7, 11) is 0. The first kappa shape index (κ1) is 10.2. The van der Waals surface area contributed by atoms with Gasteiger partial charge >= 0.3 is 5.97 Å². The summed E-state index contributed by atoms with van der Waals surface area (Å²) in [6.07, 6.45) is 5.27. The third-order valence-electron chi connectivity index (χ3n) is 1.57. The van der Waals surface area contributed by atoms with Crippen molar-refractivity contribution in [2.45, 2.75) is 6.92 Å². The molecule has 0 unspecified atom stereocenters. The van der Waals surface area contributed by atoms with Crippen molar-refractivity contribution < 1.29 is 14.3 Å². The van der Waals surface area contributed by atoms with Crippen molar-refractivity contribution in [1.82, 2.24) is 4.98 Å². The summed E-state index contributed by atoms with van der Waals surface area (Å²) < 4.78 is 4.78. The van der Waals surface area contributed by atoms with E-state index in [4.69, 9.17) is 4.74 Å². The van der Waals surface area contributed by atoms with Crippen molar-refractivity contribution >= 4 is 18.3 Å². The molecule has 1 aromatic heterocycles. The van der Waals surface area contributed by atoms with Crippen LogP contribution in [0.1, 0.15) is 23.0 Å². The number of nitrogens with one attached hydrogen (secondary N) is 1. The van der Waals surface area contributed by atoms with Crippen molar-refractivity contribution in [1.29, 1.82) is 0 Å². The van der Waals surface area contributed by atoms with Gasteiger partial charge in [-0.15, -0.1) is 0 Å². The summed E-state index contributed by atoms with van der Waals surface area (Å²) in [5.74, 6) is -0.391. The maximum absolute atomic E-state index is 11.2. The number of aromatic amines is 1. The highest BCUT2D eigenvalue weighted by molar-refractivity contribution is 5.88. The minimum atomic E-state index is -0.391. The first-order valence-electron chi connectivity index (χ1n) is 4.25. The van der Waals surface area contributed by atoms with Crippen LogP contribution in [0.5, 0.6) is 0 Å². The maximum Gasteiger partial charge on any atom is 0.354 e. The van der Waals surface area contributed by atoms with Crippen molar-refractivity contribution in [3.05, 3.63) is 29.6 Å². The molecule has 4 nitrogen and oxygen atoms in total. The third kappa shape index (κ3) is 2.58. The van der Waals surface area contributed by atoms with E-state index < -0.39 is 5.97 Å². The zero-order chi connectivity index (χ0) is 10.4. The number of hydrogen-bond acceptors (Lipinski definition) is 3. The molecule has 1 N–H and O–H groups in total. The molecule has 1 aromatic rings. The van der Waals surface area contributed by atoms with E-state index in [1.165, 1.54) is 6.08 Å². The summed E-state index contributed by atoms with van der Waals surface area (Å²) in [4.78, 5) is 24.0. The lowest BCUT2D eigenvalue weighted by atomic mass is 10.3. The van der Waals surface area contributed by atoms with Crippen molar-refractivity contribution in [2.75, 3.05) is 6.61 Å². The van der Waals surface area contributed by atoms with Gasteiger partial charge in [0, 0.05) is 6.20 Å². The molecule has 0 saturated carbocycles. The number of esters is 1. The predicted octanol–water partition coefficient (Wildman–Crippen LogP) is 1.40. The molecule has 0 aliphatic rings. The lowest BCUT2D eigenvalue weighted by molar-refractivity contribution is -0.104. The normalized spacial score (nSPS) is 10.4. The van der Waals surface area contributed by atoms with Gasteiger partial charge in [-0.2, -0.15) is 0 Å². The Kier molecular flexibility index (Phi) is 3.67. The van der Waals surface area contributed by atoms with Crippen LogP contribution in [0.4, 0.5) is 0 Å². The number of aromatic nitrogens is 1. The monoisotopic (exact) mass is 193 g/mol. The Morgan fingerprint density at radius 3 is 3.07 bits per heavy atom. The highest BCUT2D eigenvalue weighted by Crippen LogP contribution is 2.06. The van der Waals surface area contributed by atoms with E-state index in [1.807, 2.05) is 0 Å². The molecule has 0 amide bonds. The summed E-state index contributed by atoms with van der Waals surface area (Å²) >= 11 is 0. The van der Waals surface area contributed by atoms with Crippen molar-refractivity contribution in [3.63, 3.8) is 0 Å². The lowest BCUT2D eigenvalue weighted by Gasteiger charge is -1.96. The average molecular weight is 193 g/mol. The van der Waals surface area contributed by atoms with Gasteiger partial charge in [-0.1, -0.05) is 6.08 Å². The molecule has 0 fully saturated rings. The molecule has 0 radical (unpaired) electrons. The van der Waals surface area contributed by atoms with Gasteiger partial charge in [0.15, 0.2) is 0 Å². The molecule has 1 rings (SSSR count). The van der Waals surface area contributed by atoms with Crippen LogP contribution in [-0.4, -0.2) is 23.8 Å². The van der Waals surface area contributed by atoms with Gasteiger partial charge in [-0.25, -0.2) is 4.79 Å². The van der Waals surface area contributed by atoms with Crippen LogP contribution in [0.3, 0.4) is 0 Å². The minimum absolute atomic E-state index is 0.345. The smallest absolute Gasteiger partial charge is 0.354 e. The summed E-state index contributed by atoms with van der Waals surface area (Å²) in [5.41, 5.74) is 1.15.